The van der Waals surface area contributed by atoms with Gasteiger partial charge >= 0.3 is 0 Å². The molecule has 1 saturated heterocycles. The molecule has 4 rings (SSSR count). The first-order valence-electron chi connectivity index (χ1n) is 12.2. The molecule has 200 valence electrons. The van der Waals surface area contributed by atoms with Gasteiger partial charge in [-0.05, 0) is 48.9 Å². The average Bonchev–Trinajstić information content (AvgIpc) is 3.32. The average molecular weight is 523 g/mol. The number of carbonyl (C=O) groups is 1. The van der Waals surface area contributed by atoms with Gasteiger partial charge in [0.2, 0.25) is 11.9 Å². The van der Waals surface area contributed by atoms with Gasteiger partial charge in [-0.2, -0.15) is 4.98 Å². The lowest BCUT2D eigenvalue weighted by Crippen LogP contribution is -2.22. The molecule has 1 fully saturated rings. The van der Waals surface area contributed by atoms with Gasteiger partial charge in [0.25, 0.3) is 0 Å². The molecule has 0 aliphatic carbocycles. The summed E-state index contributed by atoms with van der Waals surface area (Å²) in [5, 5.41) is 18.3. The minimum Gasteiger partial charge on any atom is -0.491 e. The molecule has 2 aromatic carbocycles. The van der Waals surface area contributed by atoms with Crippen molar-refractivity contribution in [3.63, 3.8) is 0 Å². The number of nitrogens with zero attached hydrogens (tertiary/aromatic N) is 3. The predicted octanol–water partition coefficient (Wildman–Crippen LogP) is 3.69. The Morgan fingerprint density at radius 1 is 1.16 bits per heavy atom. The van der Waals surface area contributed by atoms with E-state index >= 15 is 0 Å². The molecule has 0 spiro atoms. The summed E-state index contributed by atoms with van der Waals surface area (Å²) in [6.07, 6.45) is 4.77. The zero-order valence-electron chi connectivity index (χ0n) is 21.1. The van der Waals surface area contributed by atoms with Crippen molar-refractivity contribution in [3.8, 4) is 5.75 Å². The number of aliphatic hydroxyl groups is 1. The molecule has 38 heavy (non-hydrogen) atoms. The van der Waals surface area contributed by atoms with Crippen LogP contribution in [0.5, 0.6) is 5.75 Å². The predicted molar refractivity (Wildman–Crippen MR) is 144 cm³/mol. The summed E-state index contributed by atoms with van der Waals surface area (Å²) in [7, 11) is 1.61. The smallest absolute Gasteiger partial charge is 0.248 e. The number of methoxy groups -OCH3 is 1. The monoisotopic (exact) mass is 522 g/mol. The molecule has 10 nitrogen and oxygen atoms in total. The van der Waals surface area contributed by atoms with Crippen molar-refractivity contribution >= 4 is 34.7 Å². The van der Waals surface area contributed by atoms with E-state index in [1.165, 1.54) is 6.08 Å². The van der Waals surface area contributed by atoms with Crippen molar-refractivity contribution in [2.75, 3.05) is 55.9 Å². The van der Waals surface area contributed by atoms with Crippen molar-refractivity contribution < 1.29 is 23.8 Å². The highest BCUT2D eigenvalue weighted by molar-refractivity contribution is 5.99. The van der Waals surface area contributed by atoms with Crippen molar-refractivity contribution in [1.29, 1.82) is 0 Å². The summed E-state index contributed by atoms with van der Waals surface area (Å²) < 4.78 is 25.0. The fourth-order valence-electron chi connectivity index (χ4n) is 3.80. The van der Waals surface area contributed by atoms with Gasteiger partial charge < -0.3 is 30.5 Å². The number of β-amino-alcohol motifs (C(OH)–C–C–N with tert-alkyl or cyclic N) is 1. The number of halogens is 1. The fourth-order valence-corrected chi connectivity index (χ4v) is 3.80. The molecule has 1 aliphatic heterocycles. The zero-order chi connectivity index (χ0) is 26.7. The van der Waals surface area contributed by atoms with E-state index in [1.54, 1.807) is 61.7 Å². The molecular weight excluding hydrogens is 491 g/mol. The van der Waals surface area contributed by atoms with E-state index in [9.17, 15) is 14.3 Å². The van der Waals surface area contributed by atoms with Crippen LogP contribution in [-0.4, -0.2) is 71.9 Å². The second-order valence-electron chi connectivity index (χ2n) is 8.68. The third-order valence-electron chi connectivity index (χ3n) is 5.68. The molecule has 1 aromatic heterocycles. The van der Waals surface area contributed by atoms with Crippen molar-refractivity contribution in [1.82, 2.24) is 14.9 Å². The van der Waals surface area contributed by atoms with Gasteiger partial charge in [-0.15, -0.1) is 0 Å². The molecule has 1 amide bonds. The summed E-state index contributed by atoms with van der Waals surface area (Å²) >= 11 is 0. The lowest BCUT2D eigenvalue weighted by atomic mass is 10.2. The van der Waals surface area contributed by atoms with Gasteiger partial charge in [-0.3, -0.25) is 9.69 Å². The van der Waals surface area contributed by atoms with Gasteiger partial charge in [0.05, 0.1) is 18.9 Å². The number of ether oxygens (including phenoxy) is 2. The van der Waals surface area contributed by atoms with Gasteiger partial charge in [0.1, 0.15) is 12.4 Å². The molecule has 0 bridgehead atoms. The van der Waals surface area contributed by atoms with Crippen LogP contribution in [0.25, 0.3) is 0 Å². The number of aromatic nitrogens is 2. The number of hydrogen-bond acceptors (Lipinski definition) is 9. The molecule has 3 aromatic rings. The van der Waals surface area contributed by atoms with E-state index < -0.39 is 5.82 Å². The summed E-state index contributed by atoms with van der Waals surface area (Å²) in [5.41, 5.74) is 1.79. The van der Waals surface area contributed by atoms with Gasteiger partial charge in [0, 0.05) is 49.9 Å². The van der Waals surface area contributed by atoms with Crippen LogP contribution < -0.4 is 20.7 Å². The van der Waals surface area contributed by atoms with E-state index in [0.29, 0.717) is 49.1 Å². The number of aliphatic hydroxyl groups excluding tert-OH is 1. The molecule has 0 radical (unpaired) electrons. The molecule has 4 N–H and O–H groups in total. The van der Waals surface area contributed by atoms with E-state index in [1.807, 2.05) is 0 Å². The first kappa shape index (κ1) is 27.0. The molecule has 0 saturated carbocycles. The van der Waals surface area contributed by atoms with Gasteiger partial charge in [-0.1, -0.05) is 12.1 Å². The van der Waals surface area contributed by atoms with Gasteiger partial charge in [0.15, 0.2) is 11.6 Å². The minimum atomic E-state index is -0.623. The van der Waals surface area contributed by atoms with Crippen LogP contribution >= 0.6 is 0 Å². The summed E-state index contributed by atoms with van der Waals surface area (Å²) in [4.78, 5) is 22.6. The van der Waals surface area contributed by atoms with Gasteiger partial charge in [-0.25, -0.2) is 9.37 Å². The number of hydrogen-bond donors (Lipinski definition) is 4. The number of benzene rings is 2. The third kappa shape index (κ3) is 8.23. The Bertz CT molecular complexity index is 1240. The van der Waals surface area contributed by atoms with Crippen LogP contribution in [0.4, 0.5) is 33.2 Å². The van der Waals surface area contributed by atoms with Crippen LogP contribution in [0.1, 0.15) is 6.42 Å². The summed E-state index contributed by atoms with van der Waals surface area (Å²) in [5.74, 6) is -0.0114. The number of anilines is 5. The maximum atomic E-state index is 14.5. The lowest BCUT2D eigenvalue weighted by Gasteiger charge is -2.12. The van der Waals surface area contributed by atoms with E-state index in [-0.39, 0.29) is 23.8 Å². The second-order valence-corrected chi connectivity index (χ2v) is 8.68. The molecule has 1 atom stereocenters. The Kier molecular flexibility index (Phi) is 9.57. The van der Waals surface area contributed by atoms with Crippen LogP contribution in [-0.2, 0) is 9.53 Å². The van der Waals surface area contributed by atoms with Crippen LogP contribution in [0.15, 0.2) is 66.9 Å². The first-order chi connectivity index (χ1) is 18.5. The highest BCUT2D eigenvalue weighted by Crippen LogP contribution is 2.23. The number of nitrogens with one attached hydrogen (secondary N) is 3. The number of likely N-dealkylation sites (tertiary alicyclic amines) is 1. The summed E-state index contributed by atoms with van der Waals surface area (Å²) in [6.45, 7) is 2.98. The molecule has 1 aliphatic rings. The largest absolute Gasteiger partial charge is 0.491 e. The first-order valence-corrected chi connectivity index (χ1v) is 12.2. The maximum absolute atomic E-state index is 14.5. The topological polar surface area (TPSA) is 121 Å². The summed E-state index contributed by atoms with van der Waals surface area (Å²) in [6, 6.07) is 14.1. The lowest BCUT2D eigenvalue weighted by molar-refractivity contribution is -0.111. The second kappa shape index (κ2) is 13.5. The van der Waals surface area contributed by atoms with Crippen LogP contribution in [0.3, 0.4) is 0 Å². The Labute approximate surface area is 220 Å². The molecule has 2 heterocycles. The minimum absolute atomic E-state index is 0.0156. The Morgan fingerprint density at radius 2 is 1.97 bits per heavy atom. The van der Waals surface area contributed by atoms with Crippen molar-refractivity contribution in [2.45, 2.75) is 12.5 Å². The number of carbonyl (C=O) groups excluding carboxylic acids is 1. The van der Waals surface area contributed by atoms with E-state index in [0.717, 1.165) is 19.2 Å². The normalized spacial score (nSPS) is 15.5. The standard InChI is InChI=1S/C27H31FN6O4/c1-37-14-15-38-23-9-7-19(8-10-23)32-27-29-17-24(28)26(33-27)31-21-5-2-4-20(16-21)30-25(36)6-3-12-34-13-11-22(35)18-34/h2-10,16-17,22,35H,11-15,18H2,1H3,(H,30,36)(H2,29,31,32,33)/b6-3+. The van der Waals surface area contributed by atoms with Crippen LogP contribution in [0.2, 0.25) is 0 Å². The zero-order valence-corrected chi connectivity index (χ0v) is 21.1. The highest BCUT2D eigenvalue weighted by Gasteiger charge is 2.18. The van der Waals surface area contributed by atoms with Crippen LogP contribution in [0, 0.1) is 5.82 Å². The Morgan fingerprint density at radius 3 is 2.74 bits per heavy atom. The molecular formula is C27H31FN6O4. The fraction of sp³-hybridized carbons (Fsp3) is 0.296. The molecule has 11 heteroatoms. The van der Waals surface area contributed by atoms with E-state index in [4.69, 9.17) is 9.47 Å². The number of rotatable bonds is 12. The van der Waals surface area contributed by atoms with E-state index in [2.05, 4.69) is 30.8 Å². The maximum Gasteiger partial charge on any atom is 0.248 e. The Hall–Kier alpha value is -4.06. The Balaban J connectivity index is 1.33. The quantitative estimate of drug-likeness (QED) is 0.208. The SMILES string of the molecule is COCCOc1ccc(Nc2ncc(F)c(Nc3cccc(NC(=O)/C=C/CN4CCC(O)C4)c3)n2)cc1. The van der Waals surface area contributed by atoms with Crippen molar-refractivity contribution in [2.24, 2.45) is 0 Å². The van der Waals surface area contributed by atoms with Crippen molar-refractivity contribution in [3.05, 3.63) is 72.7 Å². The third-order valence-corrected chi connectivity index (χ3v) is 5.68. The highest BCUT2D eigenvalue weighted by atomic mass is 19.1. The molecule has 1 unspecified atom stereocenters. The number of amides is 1.